The highest BCUT2D eigenvalue weighted by Gasteiger charge is 2.23. The van der Waals surface area contributed by atoms with Crippen molar-refractivity contribution in [2.24, 2.45) is 0 Å². The van der Waals surface area contributed by atoms with Crippen LogP contribution in [-0.2, 0) is 0 Å². The number of carbonyl (C=O) groups excluding carboxylic acids is 1. The lowest BCUT2D eigenvalue weighted by Crippen LogP contribution is -2.49. The van der Waals surface area contributed by atoms with E-state index in [4.69, 9.17) is 5.26 Å². The maximum atomic E-state index is 12.7. The molecule has 4 rings (SSSR count). The van der Waals surface area contributed by atoms with Crippen LogP contribution in [0, 0.1) is 11.3 Å². The molecule has 25 heavy (non-hydrogen) atoms. The molecule has 1 aliphatic heterocycles. The van der Waals surface area contributed by atoms with Crippen LogP contribution in [0.1, 0.15) is 15.9 Å². The van der Waals surface area contributed by atoms with E-state index in [0.29, 0.717) is 24.2 Å². The van der Waals surface area contributed by atoms with E-state index >= 15 is 0 Å². The molecule has 1 amide bonds. The number of nitriles is 1. The van der Waals surface area contributed by atoms with E-state index in [1.165, 1.54) is 0 Å². The molecule has 3 heterocycles. The Kier molecular flexibility index (Phi) is 3.78. The maximum Gasteiger partial charge on any atom is 0.254 e. The zero-order valence-electron chi connectivity index (χ0n) is 13.5. The average Bonchev–Trinajstić information content (AvgIpc) is 3.16. The van der Waals surface area contributed by atoms with Crippen LogP contribution in [0.2, 0.25) is 0 Å². The third-order valence-corrected chi connectivity index (χ3v) is 4.40. The van der Waals surface area contributed by atoms with Crippen molar-refractivity contribution in [3.8, 4) is 6.07 Å². The zero-order valence-corrected chi connectivity index (χ0v) is 13.5. The van der Waals surface area contributed by atoms with Gasteiger partial charge in [-0.05, 0) is 24.3 Å². The van der Waals surface area contributed by atoms with Gasteiger partial charge in [0.25, 0.3) is 5.91 Å². The molecule has 7 heteroatoms. The van der Waals surface area contributed by atoms with Gasteiger partial charge in [-0.3, -0.25) is 4.79 Å². The minimum absolute atomic E-state index is 0.0317. The van der Waals surface area contributed by atoms with E-state index in [2.05, 4.69) is 21.1 Å². The first-order valence-corrected chi connectivity index (χ1v) is 8.09. The van der Waals surface area contributed by atoms with Crippen molar-refractivity contribution in [3.05, 3.63) is 59.9 Å². The fourth-order valence-corrected chi connectivity index (χ4v) is 3.10. The predicted octanol–water partition coefficient (Wildman–Crippen LogP) is 1.56. The summed E-state index contributed by atoms with van der Waals surface area (Å²) in [5.74, 6) is 0.948. The summed E-state index contributed by atoms with van der Waals surface area (Å²) in [7, 11) is 0. The summed E-state index contributed by atoms with van der Waals surface area (Å²) in [6.45, 7) is 2.70. The smallest absolute Gasteiger partial charge is 0.254 e. The van der Waals surface area contributed by atoms with E-state index < -0.39 is 0 Å². The number of benzene rings is 1. The van der Waals surface area contributed by atoms with Crippen molar-refractivity contribution in [1.82, 2.24) is 19.5 Å². The minimum atomic E-state index is -0.0317. The quantitative estimate of drug-likeness (QED) is 0.712. The lowest BCUT2D eigenvalue weighted by atomic mass is 10.1. The topological polar surface area (TPSA) is 77.5 Å². The zero-order chi connectivity index (χ0) is 17.2. The summed E-state index contributed by atoms with van der Waals surface area (Å²) in [6.07, 6.45) is 3.51. The van der Waals surface area contributed by atoms with Gasteiger partial charge in [0.2, 0.25) is 0 Å². The average molecular weight is 332 g/mol. The molecule has 124 valence electrons. The molecule has 0 atom stereocenters. The SMILES string of the molecule is N#Cc1cccc(C(=O)N2CCN(c3ccnc4ccnn34)CC2)c1. The Hall–Kier alpha value is -3.40. The van der Waals surface area contributed by atoms with Crippen LogP contribution in [-0.4, -0.2) is 51.6 Å². The largest absolute Gasteiger partial charge is 0.353 e. The molecule has 7 nitrogen and oxygen atoms in total. The fourth-order valence-electron chi connectivity index (χ4n) is 3.10. The van der Waals surface area contributed by atoms with Gasteiger partial charge in [-0.1, -0.05) is 6.07 Å². The summed E-state index contributed by atoms with van der Waals surface area (Å²) in [4.78, 5) is 21.0. The van der Waals surface area contributed by atoms with Crippen LogP contribution in [0.25, 0.3) is 5.65 Å². The summed E-state index contributed by atoms with van der Waals surface area (Å²) in [5, 5.41) is 13.3. The van der Waals surface area contributed by atoms with Crippen LogP contribution in [0.5, 0.6) is 0 Å². The number of carbonyl (C=O) groups is 1. The Morgan fingerprint density at radius 3 is 2.72 bits per heavy atom. The van der Waals surface area contributed by atoms with Gasteiger partial charge < -0.3 is 9.80 Å². The third kappa shape index (κ3) is 2.78. The molecule has 0 saturated carbocycles. The number of hydrogen-bond acceptors (Lipinski definition) is 5. The van der Waals surface area contributed by atoms with Gasteiger partial charge in [-0.25, -0.2) is 4.98 Å². The van der Waals surface area contributed by atoms with E-state index in [1.54, 1.807) is 36.7 Å². The number of amides is 1. The first-order chi connectivity index (χ1) is 12.3. The molecule has 1 saturated heterocycles. The molecule has 0 radical (unpaired) electrons. The Labute approximate surface area is 144 Å². The van der Waals surface area contributed by atoms with Crippen LogP contribution < -0.4 is 4.90 Å². The standard InChI is InChI=1S/C18H16N6O/c19-13-14-2-1-3-15(12-14)18(25)23-10-8-22(9-11-23)17-5-6-20-16-4-7-21-24(16)17/h1-7,12H,8-11H2. The number of anilines is 1. The number of hydrogen-bond donors (Lipinski definition) is 0. The van der Waals surface area contributed by atoms with E-state index in [-0.39, 0.29) is 5.91 Å². The van der Waals surface area contributed by atoms with Crippen molar-refractivity contribution in [2.75, 3.05) is 31.1 Å². The summed E-state index contributed by atoms with van der Waals surface area (Å²) >= 11 is 0. The molecule has 1 aromatic carbocycles. The number of rotatable bonds is 2. The Bertz CT molecular complexity index is 965. The lowest BCUT2D eigenvalue weighted by Gasteiger charge is -2.36. The highest BCUT2D eigenvalue weighted by Crippen LogP contribution is 2.18. The van der Waals surface area contributed by atoms with Gasteiger partial charge in [0.1, 0.15) is 5.82 Å². The monoisotopic (exact) mass is 332 g/mol. The molecule has 1 fully saturated rings. The number of aromatic nitrogens is 3. The van der Waals surface area contributed by atoms with E-state index in [0.717, 1.165) is 24.6 Å². The van der Waals surface area contributed by atoms with Crippen LogP contribution in [0.15, 0.2) is 48.8 Å². The van der Waals surface area contributed by atoms with Gasteiger partial charge >= 0.3 is 0 Å². The summed E-state index contributed by atoms with van der Waals surface area (Å²) in [6, 6.07) is 12.7. The molecule has 0 spiro atoms. The second kappa shape index (κ2) is 6.24. The Morgan fingerprint density at radius 1 is 1.08 bits per heavy atom. The van der Waals surface area contributed by atoms with Gasteiger partial charge in [0.15, 0.2) is 5.65 Å². The molecular weight excluding hydrogens is 316 g/mol. The Morgan fingerprint density at radius 2 is 1.92 bits per heavy atom. The second-order valence-corrected chi connectivity index (χ2v) is 5.88. The summed E-state index contributed by atoms with van der Waals surface area (Å²) < 4.78 is 1.81. The normalized spacial score (nSPS) is 14.5. The van der Waals surface area contributed by atoms with Crippen molar-refractivity contribution >= 4 is 17.4 Å². The van der Waals surface area contributed by atoms with Crippen molar-refractivity contribution in [2.45, 2.75) is 0 Å². The Balaban J connectivity index is 1.49. The molecule has 0 aliphatic carbocycles. The first kappa shape index (κ1) is 15.1. The predicted molar refractivity (Wildman–Crippen MR) is 92.3 cm³/mol. The highest BCUT2D eigenvalue weighted by molar-refractivity contribution is 5.94. The van der Waals surface area contributed by atoms with Crippen LogP contribution >= 0.6 is 0 Å². The molecule has 2 aromatic heterocycles. The van der Waals surface area contributed by atoms with Crippen molar-refractivity contribution < 1.29 is 4.79 Å². The van der Waals surface area contributed by atoms with E-state index in [1.807, 2.05) is 21.5 Å². The van der Waals surface area contributed by atoms with Gasteiger partial charge in [0.05, 0.1) is 17.8 Å². The molecule has 0 unspecified atom stereocenters. The molecule has 1 aliphatic rings. The summed E-state index contributed by atoms with van der Waals surface area (Å²) in [5.41, 5.74) is 1.87. The maximum absolute atomic E-state index is 12.7. The van der Waals surface area contributed by atoms with Crippen LogP contribution in [0.4, 0.5) is 5.82 Å². The molecule has 0 bridgehead atoms. The van der Waals surface area contributed by atoms with Crippen molar-refractivity contribution in [1.29, 1.82) is 5.26 Å². The number of nitrogens with zero attached hydrogens (tertiary/aromatic N) is 6. The van der Waals surface area contributed by atoms with Gasteiger partial charge in [-0.15, -0.1) is 0 Å². The lowest BCUT2D eigenvalue weighted by molar-refractivity contribution is 0.0746. The van der Waals surface area contributed by atoms with Crippen LogP contribution in [0.3, 0.4) is 0 Å². The molecular formula is C18H16N6O. The minimum Gasteiger partial charge on any atom is -0.353 e. The highest BCUT2D eigenvalue weighted by atomic mass is 16.2. The first-order valence-electron chi connectivity index (χ1n) is 8.09. The third-order valence-electron chi connectivity index (χ3n) is 4.40. The van der Waals surface area contributed by atoms with Gasteiger partial charge in [0, 0.05) is 44.0 Å². The number of piperazine rings is 1. The fraction of sp³-hybridized carbons (Fsp3) is 0.222. The second-order valence-electron chi connectivity index (χ2n) is 5.88. The van der Waals surface area contributed by atoms with E-state index in [9.17, 15) is 4.79 Å². The number of fused-ring (bicyclic) bond motifs is 1. The molecule has 3 aromatic rings. The van der Waals surface area contributed by atoms with Crippen molar-refractivity contribution in [3.63, 3.8) is 0 Å². The van der Waals surface area contributed by atoms with Gasteiger partial charge in [-0.2, -0.15) is 14.9 Å². The molecule has 0 N–H and O–H groups in total.